The van der Waals surface area contributed by atoms with Crippen molar-refractivity contribution in [2.24, 2.45) is 5.73 Å². The highest BCUT2D eigenvalue weighted by atomic mass is 35.5. The second kappa shape index (κ2) is 7.04. The molecule has 1 unspecified atom stereocenters. The largest absolute Gasteiger partial charge is 0.380 e. The lowest BCUT2D eigenvalue weighted by Gasteiger charge is -2.11. The fourth-order valence-corrected chi connectivity index (χ4v) is 2.36. The zero-order chi connectivity index (χ0) is 12.3. The van der Waals surface area contributed by atoms with Crippen molar-refractivity contribution in [3.63, 3.8) is 0 Å². The smallest absolute Gasteiger partial charge is 0.228 e. The highest BCUT2D eigenvalue weighted by molar-refractivity contribution is 7.13. The topological polar surface area (TPSA) is 77.2 Å². The number of nitrogens with zero attached hydrogens (tertiary/aromatic N) is 1. The van der Waals surface area contributed by atoms with Crippen LogP contribution in [0.25, 0.3) is 0 Å². The fraction of sp³-hybridized carbons (Fsp3) is 0.636. The van der Waals surface area contributed by atoms with Gasteiger partial charge in [0.1, 0.15) is 0 Å². The molecule has 5 nitrogen and oxygen atoms in total. The first-order valence-electron chi connectivity index (χ1n) is 5.71. The molecule has 1 aliphatic carbocycles. The van der Waals surface area contributed by atoms with E-state index in [9.17, 15) is 4.79 Å². The molecule has 2 rings (SSSR count). The second-order valence-corrected chi connectivity index (χ2v) is 5.06. The SMILES string of the molecule is COC(CN)CC(=O)Nc1nc(C2CC2)cs1.Cl. The number of hydrogen-bond acceptors (Lipinski definition) is 5. The summed E-state index contributed by atoms with van der Waals surface area (Å²) >= 11 is 1.47. The van der Waals surface area contributed by atoms with E-state index in [-0.39, 0.29) is 30.8 Å². The zero-order valence-corrected chi connectivity index (χ0v) is 11.9. The number of carbonyl (C=O) groups excluding carboxylic acids is 1. The van der Waals surface area contributed by atoms with Crippen molar-refractivity contribution in [3.8, 4) is 0 Å². The monoisotopic (exact) mass is 291 g/mol. The van der Waals surface area contributed by atoms with Crippen molar-refractivity contribution in [1.29, 1.82) is 0 Å². The highest BCUT2D eigenvalue weighted by Gasteiger charge is 2.26. The molecular formula is C11H18ClN3O2S. The Morgan fingerprint density at radius 1 is 1.72 bits per heavy atom. The summed E-state index contributed by atoms with van der Waals surface area (Å²) in [7, 11) is 1.55. The molecule has 7 heteroatoms. The van der Waals surface area contributed by atoms with Gasteiger partial charge in [0.2, 0.25) is 5.91 Å². The number of methoxy groups -OCH3 is 1. The molecule has 1 fully saturated rings. The zero-order valence-electron chi connectivity index (χ0n) is 10.2. The van der Waals surface area contributed by atoms with E-state index >= 15 is 0 Å². The molecular weight excluding hydrogens is 274 g/mol. The maximum atomic E-state index is 11.7. The van der Waals surface area contributed by atoms with Gasteiger partial charge in [0.15, 0.2) is 5.13 Å². The number of aromatic nitrogens is 1. The Kier molecular flexibility index (Phi) is 6.01. The van der Waals surface area contributed by atoms with Crippen LogP contribution in [0.5, 0.6) is 0 Å². The van der Waals surface area contributed by atoms with E-state index in [1.54, 1.807) is 7.11 Å². The van der Waals surface area contributed by atoms with E-state index in [1.165, 1.54) is 24.2 Å². The summed E-state index contributed by atoms with van der Waals surface area (Å²) in [6.45, 7) is 0.342. The lowest BCUT2D eigenvalue weighted by atomic mass is 10.2. The second-order valence-electron chi connectivity index (χ2n) is 4.20. The van der Waals surface area contributed by atoms with Crippen molar-refractivity contribution in [2.75, 3.05) is 19.0 Å². The molecule has 102 valence electrons. The van der Waals surface area contributed by atoms with Crippen molar-refractivity contribution >= 4 is 34.8 Å². The third-order valence-corrected chi connectivity index (χ3v) is 3.55. The number of nitrogens with one attached hydrogen (secondary N) is 1. The fourth-order valence-electron chi connectivity index (χ4n) is 1.55. The average molecular weight is 292 g/mol. The van der Waals surface area contributed by atoms with Crippen molar-refractivity contribution in [3.05, 3.63) is 11.1 Å². The standard InChI is InChI=1S/C11H17N3O2S.ClH/c1-16-8(5-12)4-10(15)14-11-13-9(6-17-11)7-2-3-7;/h6-8H,2-5,12H2,1H3,(H,13,14,15);1H. The molecule has 1 aliphatic rings. The number of ether oxygens (including phenoxy) is 1. The van der Waals surface area contributed by atoms with E-state index in [1.807, 2.05) is 5.38 Å². The van der Waals surface area contributed by atoms with Crippen molar-refractivity contribution < 1.29 is 9.53 Å². The molecule has 1 atom stereocenters. The molecule has 1 amide bonds. The predicted molar refractivity (Wildman–Crippen MR) is 74.4 cm³/mol. The molecule has 0 aliphatic heterocycles. The van der Waals surface area contributed by atoms with Gasteiger partial charge in [-0.3, -0.25) is 4.79 Å². The number of carbonyl (C=O) groups is 1. The molecule has 3 N–H and O–H groups in total. The van der Waals surface area contributed by atoms with Gasteiger partial charge in [0, 0.05) is 25.0 Å². The van der Waals surface area contributed by atoms with E-state index < -0.39 is 0 Å². The number of anilines is 1. The molecule has 18 heavy (non-hydrogen) atoms. The Morgan fingerprint density at radius 2 is 2.44 bits per heavy atom. The van der Waals surface area contributed by atoms with Crippen LogP contribution in [-0.4, -0.2) is 30.6 Å². The van der Waals surface area contributed by atoms with Gasteiger partial charge in [-0.1, -0.05) is 0 Å². The van der Waals surface area contributed by atoms with Gasteiger partial charge in [-0.05, 0) is 12.8 Å². The molecule has 0 saturated heterocycles. The maximum Gasteiger partial charge on any atom is 0.228 e. The van der Waals surface area contributed by atoms with Crippen LogP contribution in [0.3, 0.4) is 0 Å². The molecule has 1 heterocycles. The van der Waals surface area contributed by atoms with Gasteiger partial charge in [-0.25, -0.2) is 4.98 Å². The van der Waals surface area contributed by atoms with Crippen LogP contribution in [0.1, 0.15) is 30.9 Å². The third kappa shape index (κ3) is 4.20. The van der Waals surface area contributed by atoms with Crippen LogP contribution >= 0.6 is 23.7 Å². The van der Waals surface area contributed by atoms with Gasteiger partial charge in [0.05, 0.1) is 18.2 Å². The maximum absolute atomic E-state index is 11.7. The van der Waals surface area contributed by atoms with Crippen LogP contribution in [-0.2, 0) is 9.53 Å². The van der Waals surface area contributed by atoms with Gasteiger partial charge in [-0.15, -0.1) is 23.7 Å². The Balaban J connectivity index is 0.00000162. The third-order valence-electron chi connectivity index (χ3n) is 2.77. The highest BCUT2D eigenvalue weighted by Crippen LogP contribution is 2.40. The lowest BCUT2D eigenvalue weighted by molar-refractivity contribution is -0.118. The predicted octanol–water partition coefficient (Wildman–Crippen LogP) is 1.74. The van der Waals surface area contributed by atoms with E-state index in [0.29, 0.717) is 17.6 Å². The van der Waals surface area contributed by atoms with Gasteiger partial charge < -0.3 is 15.8 Å². The minimum Gasteiger partial charge on any atom is -0.380 e. The van der Waals surface area contributed by atoms with E-state index in [0.717, 1.165) is 5.69 Å². The summed E-state index contributed by atoms with van der Waals surface area (Å²) in [5.41, 5.74) is 6.56. The molecule has 1 aromatic rings. The molecule has 1 aromatic heterocycles. The number of thiazole rings is 1. The van der Waals surface area contributed by atoms with Crippen LogP contribution in [0, 0.1) is 0 Å². The molecule has 0 bridgehead atoms. The van der Waals surface area contributed by atoms with Gasteiger partial charge in [-0.2, -0.15) is 0 Å². The Labute approximate surface area is 117 Å². The van der Waals surface area contributed by atoms with E-state index in [4.69, 9.17) is 10.5 Å². The number of rotatable bonds is 6. The molecule has 0 spiro atoms. The van der Waals surface area contributed by atoms with Crippen molar-refractivity contribution in [2.45, 2.75) is 31.3 Å². The number of hydrogen-bond donors (Lipinski definition) is 2. The first-order valence-corrected chi connectivity index (χ1v) is 6.59. The molecule has 0 radical (unpaired) electrons. The van der Waals surface area contributed by atoms with E-state index in [2.05, 4.69) is 10.3 Å². The average Bonchev–Trinajstić information content (AvgIpc) is 3.08. The first-order chi connectivity index (χ1) is 8.22. The first kappa shape index (κ1) is 15.4. The summed E-state index contributed by atoms with van der Waals surface area (Å²) in [4.78, 5) is 16.0. The minimum atomic E-state index is -0.224. The van der Waals surface area contributed by atoms with Crippen LogP contribution in [0.4, 0.5) is 5.13 Å². The normalized spacial score (nSPS) is 15.9. The summed E-state index contributed by atoms with van der Waals surface area (Å²) in [5, 5.41) is 5.47. The summed E-state index contributed by atoms with van der Waals surface area (Å²) in [6.07, 6.45) is 2.48. The Bertz CT molecular complexity index is 391. The molecule has 0 aromatic carbocycles. The summed E-state index contributed by atoms with van der Waals surface area (Å²) in [5.74, 6) is 0.520. The Hall–Kier alpha value is -0.690. The Morgan fingerprint density at radius 3 is 3.00 bits per heavy atom. The van der Waals surface area contributed by atoms with Gasteiger partial charge >= 0.3 is 0 Å². The number of amides is 1. The summed E-state index contributed by atoms with van der Waals surface area (Å²) < 4.78 is 5.06. The molecule has 1 saturated carbocycles. The van der Waals surface area contributed by atoms with Crippen LogP contribution in [0.2, 0.25) is 0 Å². The summed E-state index contributed by atoms with van der Waals surface area (Å²) in [6, 6.07) is 0. The lowest BCUT2D eigenvalue weighted by Crippen LogP contribution is -2.28. The van der Waals surface area contributed by atoms with Crippen LogP contribution in [0.15, 0.2) is 5.38 Å². The van der Waals surface area contributed by atoms with Crippen molar-refractivity contribution in [1.82, 2.24) is 4.98 Å². The number of nitrogens with two attached hydrogens (primary N) is 1. The minimum absolute atomic E-state index is 0. The van der Waals surface area contributed by atoms with Gasteiger partial charge in [0.25, 0.3) is 0 Å². The quantitative estimate of drug-likeness (QED) is 0.837. The van der Waals surface area contributed by atoms with Crippen LogP contribution < -0.4 is 11.1 Å². The number of halogens is 1.